The average molecular weight is 547 g/mol. The Hall–Kier alpha value is -3.66. The molecule has 0 aromatic heterocycles. The molecule has 0 saturated heterocycles. The van der Waals surface area contributed by atoms with E-state index < -0.39 is 35.1 Å². The minimum Gasteiger partial charge on any atom is -0.480 e. The lowest BCUT2D eigenvalue weighted by molar-refractivity contribution is -0.167. The monoisotopic (exact) mass is 546 g/mol. The summed E-state index contributed by atoms with van der Waals surface area (Å²) in [7, 11) is 0. The fourth-order valence-corrected chi connectivity index (χ4v) is 4.47. The zero-order valence-corrected chi connectivity index (χ0v) is 23.0. The molecular formula is C27H35ClN4O6. The number of fused-ring (bicyclic) bond motifs is 1. The van der Waals surface area contributed by atoms with Gasteiger partial charge in [-0.1, -0.05) is 49.6 Å². The molecule has 0 fully saturated rings. The zero-order valence-electron chi connectivity index (χ0n) is 22.3. The quantitative estimate of drug-likeness (QED) is 0.0881. The Bertz CT molecular complexity index is 1190. The number of carboxylic acids is 1. The molecule has 0 unspecified atom stereocenters. The molecule has 5 N–H and O–H groups in total. The molecule has 0 spiro atoms. The summed E-state index contributed by atoms with van der Waals surface area (Å²) < 4.78 is 5.11. The van der Waals surface area contributed by atoms with Gasteiger partial charge in [-0.15, -0.1) is 0 Å². The van der Waals surface area contributed by atoms with Crippen molar-refractivity contribution in [3.05, 3.63) is 58.0 Å². The van der Waals surface area contributed by atoms with E-state index in [1.165, 1.54) is 24.1 Å². The van der Waals surface area contributed by atoms with E-state index in [1.807, 2.05) is 13.0 Å². The molecule has 38 heavy (non-hydrogen) atoms. The number of Topliss-reactive ketones (excluding diaryl/α,β-unsaturated/α-hetero) is 2. The van der Waals surface area contributed by atoms with Crippen molar-refractivity contribution in [1.82, 2.24) is 4.90 Å². The SMILES string of the molecule is CC[C@H](C)/C=C(C)/C=C/C1=CC2=C(Cl)C(=O)[C@@](C)(OC(C)=O)C(=O)C2=CN1[C@@H](CCCN=C(N)N)C(=O)O. The van der Waals surface area contributed by atoms with Gasteiger partial charge in [0.15, 0.2) is 5.96 Å². The highest BCUT2D eigenvalue weighted by atomic mass is 35.5. The summed E-state index contributed by atoms with van der Waals surface area (Å²) in [6.07, 6.45) is 9.91. The standard InChI is InChI=1S/C27H35ClN4O6/c1-6-15(2)12-16(3)9-10-18-13-19-20(23(34)27(5,38-17(4)33)24(35)22(19)28)14-32(18)21(25(36)37)8-7-11-31-26(29)30/h9-10,12-15,21H,6-8,11H2,1-5H3,(H,36,37)(H4,29,30,31)/b10-9+,16-12+/t15-,21-,27-/m0/s1. The minimum absolute atomic E-state index is 0.0298. The molecule has 0 aromatic rings. The van der Waals surface area contributed by atoms with Crippen LogP contribution in [0.1, 0.15) is 53.9 Å². The zero-order chi connectivity index (χ0) is 28.8. The Kier molecular flexibility index (Phi) is 10.2. The first kappa shape index (κ1) is 30.6. The van der Waals surface area contributed by atoms with Gasteiger partial charge in [0.05, 0.1) is 5.03 Å². The van der Waals surface area contributed by atoms with Gasteiger partial charge < -0.3 is 26.2 Å². The van der Waals surface area contributed by atoms with Crippen molar-refractivity contribution in [2.45, 2.75) is 65.5 Å². The van der Waals surface area contributed by atoms with Crippen LogP contribution in [0.25, 0.3) is 0 Å². The molecule has 0 amide bonds. The molecule has 0 radical (unpaired) electrons. The van der Waals surface area contributed by atoms with Crippen LogP contribution in [0, 0.1) is 5.92 Å². The number of hydrogen-bond donors (Lipinski definition) is 3. The number of aliphatic carboxylic acids is 1. The number of hydrogen-bond acceptors (Lipinski definition) is 7. The topological polar surface area (TPSA) is 165 Å². The number of allylic oxidation sites excluding steroid dienone is 6. The van der Waals surface area contributed by atoms with Crippen molar-refractivity contribution < 1.29 is 29.0 Å². The van der Waals surface area contributed by atoms with Crippen molar-refractivity contribution >= 4 is 41.1 Å². The molecule has 2 aliphatic rings. The highest BCUT2D eigenvalue weighted by Crippen LogP contribution is 2.40. The number of carbonyl (C=O) groups is 4. The third-order valence-electron chi connectivity index (χ3n) is 6.30. The normalized spacial score (nSPS) is 21.5. The summed E-state index contributed by atoms with van der Waals surface area (Å²) in [6, 6.07) is -1.10. The van der Waals surface area contributed by atoms with Crippen molar-refractivity contribution in [3.8, 4) is 0 Å². The molecule has 2 rings (SSSR count). The lowest BCUT2D eigenvalue weighted by atomic mass is 9.79. The molecular weight excluding hydrogens is 512 g/mol. The summed E-state index contributed by atoms with van der Waals surface area (Å²) in [5.74, 6) is -3.37. The summed E-state index contributed by atoms with van der Waals surface area (Å²) in [4.78, 5) is 55.8. The molecule has 0 saturated carbocycles. The smallest absolute Gasteiger partial charge is 0.326 e. The van der Waals surface area contributed by atoms with E-state index in [4.69, 9.17) is 27.8 Å². The van der Waals surface area contributed by atoms with Crippen LogP contribution in [0.5, 0.6) is 0 Å². The summed E-state index contributed by atoms with van der Waals surface area (Å²) in [6.45, 7) is 8.55. The van der Waals surface area contributed by atoms with Crippen LogP contribution in [0.15, 0.2) is 62.9 Å². The molecule has 1 aliphatic carbocycles. The lowest BCUT2D eigenvalue weighted by Gasteiger charge is -2.37. The van der Waals surface area contributed by atoms with Gasteiger partial charge in [0.2, 0.25) is 17.2 Å². The number of rotatable bonds is 11. The van der Waals surface area contributed by atoms with Crippen molar-refractivity contribution in [3.63, 3.8) is 0 Å². The van der Waals surface area contributed by atoms with E-state index >= 15 is 0 Å². The second-order valence-corrected chi connectivity index (χ2v) is 9.84. The fourth-order valence-electron chi connectivity index (χ4n) is 4.14. The number of nitrogens with two attached hydrogens (primary N) is 2. The van der Waals surface area contributed by atoms with Crippen LogP contribution < -0.4 is 11.5 Å². The van der Waals surface area contributed by atoms with Crippen LogP contribution in [-0.2, 0) is 23.9 Å². The predicted molar refractivity (Wildman–Crippen MR) is 145 cm³/mol. The lowest BCUT2D eigenvalue weighted by Crippen LogP contribution is -2.52. The molecule has 11 heteroatoms. The Morgan fingerprint density at radius 3 is 2.47 bits per heavy atom. The second-order valence-electron chi connectivity index (χ2n) is 9.46. The maximum atomic E-state index is 13.4. The minimum atomic E-state index is -2.16. The number of carbonyl (C=O) groups excluding carboxylic acids is 3. The van der Waals surface area contributed by atoms with E-state index in [0.717, 1.165) is 18.9 Å². The van der Waals surface area contributed by atoms with Gasteiger partial charge in [0.25, 0.3) is 0 Å². The van der Waals surface area contributed by atoms with E-state index in [-0.39, 0.29) is 35.1 Å². The van der Waals surface area contributed by atoms with Crippen LogP contribution in [0.4, 0.5) is 0 Å². The highest BCUT2D eigenvalue weighted by molar-refractivity contribution is 6.49. The van der Waals surface area contributed by atoms with Crippen molar-refractivity contribution in [2.75, 3.05) is 6.54 Å². The molecule has 3 atom stereocenters. The number of guanidine groups is 1. The van der Waals surface area contributed by atoms with E-state index in [9.17, 15) is 24.3 Å². The first-order chi connectivity index (χ1) is 17.7. The van der Waals surface area contributed by atoms with Gasteiger partial charge in [-0.05, 0) is 44.8 Å². The number of ketones is 2. The average Bonchev–Trinajstić information content (AvgIpc) is 2.84. The number of nitrogens with zero attached hydrogens (tertiary/aromatic N) is 2. The second kappa shape index (κ2) is 12.7. The van der Waals surface area contributed by atoms with E-state index in [0.29, 0.717) is 18.0 Å². The van der Waals surface area contributed by atoms with Gasteiger partial charge in [0, 0.05) is 36.5 Å². The van der Waals surface area contributed by atoms with Crippen LogP contribution >= 0.6 is 11.6 Å². The molecule has 206 valence electrons. The first-order valence-corrected chi connectivity index (χ1v) is 12.7. The van der Waals surface area contributed by atoms with E-state index in [1.54, 1.807) is 6.08 Å². The molecule has 0 aromatic carbocycles. The molecule has 0 bridgehead atoms. The summed E-state index contributed by atoms with van der Waals surface area (Å²) >= 11 is 6.40. The van der Waals surface area contributed by atoms with Crippen LogP contribution in [-0.4, -0.2) is 57.7 Å². The maximum Gasteiger partial charge on any atom is 0.326 e. The predicted octanol–water partition coefficient (Wildman–Crippen LogP) is 3.09. The van der Waals surface area contributed by atoms with E-state index in [2.05, 4.69) is 24.9 Å². The van der Waals surface area contributed by atoms with Crippen LogP contribution in [0.2, 0.25) is 0 Å². The Morgan fingerprint density at radius 2 is 1.92 bits per heavy atom. The molecule has 10 nitrogen and oxygen atoms in total. The number of halogens is 1. The largest absolute Gasteiger partial charge is 0.480 e. The summed E-state index contributed by atoms with van der Waals surface area (Å²) in [5, 5.41) is 9.81. The van der Waals surface area contributed by atoms with Gasteiger partial charge in [-0.25, -0.2) is 4.79 Å². The third-order valence-corrected chi connectivity index (χ3v) is 6.68. The third kappa shape index (κ3) is 7.00. The van der Waals surface area contributed by atoms with Gasteiger partial charge in [0.1, 0.15) is 6.04 Å². The van der Waals surface area contributed by atoms with Crippen molar-refractivity contribution in [1.29, 1.82) is 0 Å². The number of esters is 1. The molecule has 1 aliphatic heterocycles. The van der Waals surface area contributed by atoms with Gasteiger partial charge >= 0.3 is 11.9 Å². The summed E-state index contributed by atoms with van der Waals surface area (Å²) in [5.41, 5.74) is 10.0. The number of aliphatic imine (C=N–C) groups is 1. The Labute approximate surface area is 227 Å². The van der Waals surface area contributed by atoms with Gasteiger partial charge in [-0.3, -0.25) is 19.4 Å². The Balaban J connectivity index is 2.65. The number of ether oxygens (including phenoxy) is 1. The van der Waals surface area contributed by atoms with Crippen molar-refractivity contribution in [2.24, 2.45) is 22.4 Å². The molecule has 1 heterocycles. The number of carboxylic acid groups (broad SMARTS) is 1. The fraction of sp³-hybridized carbons (Fsp3) is 0.444. The highest BCUT2D eigenvalue weighted by Gasteiger charge is 2.52. The Morgan fingerprint density at radius 1 is 1.26 bits per heavy atom. The maximum absolute atomic E-state index is 13.4. The van der Waals surface area contributed by atoms with Gasteiger partial charge in [-0.2, -0.15) is 0 Å². The first-order valence-electron chi connectivity index (χ1n) is 12.3. The van der Waals surface area contributed by atoms with Crippen LogP contribution in [0.3, 0.4) is 0 Å².